The topological polar surface area (TPSA) is 32.3 Å². The molecule has 3 nitrogen and oxygen atoms in total. The van der Waals surface area contributed by atoms with Gasteiger partial charge < -0.3 is 10.2 Å². The van der Waals surface area contributed by atoms with Crippen LogP contribution in [0.15, 0.2) is 22.7 Å². The molecular weight excluding hydrogens is 352 g/mol. The zero-order valence-corrected chi connectivity index (χ0v) is 14.3. The van der Waals surface area contributed by atoms with Crippen molar-refractivity contribution in [3.05, 3.63) is 33.3 Å². The molecule has 114 valence electrons. The molecule has 1 aliphatic carbocycles. The molecule has 1 aliphatic heterocycles. The molecule has 0 atom stereocenters. The van der Waals surface area contributed by atoms with Crippen LogP contribution in [0, 0.1) is 0 Å². The van der Waals surface area contributed by atoms with Gasteiger partial charge in [-0.15, -0.1) is 0 Å². The van der Waals surface area contributed by atoms with Crippen LogP contribution in [-0.2, 0) is 0 Å². The number of nitrogens with one attached hydrogen (secondary N) is 1. The zero-order chi connectivity index (χ0) is 14.9. The third-order valence-electron chi connectivity index (χ3n) is 4.73. The number of nitrogens with zero attached hydrogens (tertiary/aromatic N) is 1. The smallest absolute Gasteiger partial charge is 0.255 e. The first-order valence-electron chi connectivity index (χ1n) is 7.60. The van der Waals surface area contributed by atoms with Crippen molar-refractivity contribution in [3.8, 4) is 0 Å². The lowest BCUT2D eigenvalue weighted by molar-refractivity contribution is 0.0222. The van der Waals surface area contributed by atoms with Gasteiger partial charge in [-0.1, -0.05) is 30.9 Å². The predicted molar refractivity (Wildman–Crippen MR) is 88.9 cm³/mol. The summed E-state index contributed by atoms with van der Waals surface area (Å²) in [6.07, 6.45) is 5.93. The van der Waals surface area contributed by atoms with E-state index in [0.29, 0.717) is 10.6 Å². The highest BCUT2D eigenvalue weighted by Crippen LogP contribution is 2.36. The maximum atomic E-state index is 13.0. The quantitative estimate of drug-likeness (QED) is 0.813. The third-order valence-corrected chi connectivity index (χ3v) is 5.62. The van der Waals surface area contributed by atoms with Crippen LogP contribution in [0.25, 0.3) is 0 Å². The molecule has 0 bridgehead atoms. The van der Waals surface area contributed by atoms with Crippen molar-refractivity contribution in [2.24, 2.45) is 0 Å². The van der Waals surface area contributed by atoms with Crippen LogP contribution in [0.5, 0.6) is 0 Å². The Morgan fingerprint density at radius 3 is 2.76 bits per heavy atom. The predicted octanol–water partition coefficient (Wildman–Crippen LogP) is 3.85. The molecule has 3 rings (SSSR count). The minimum atomic E-state index is 0.00661. The molecule has 1 N–H and O–H groups in total. The number of halogens is 2. The van der Waals surface area contributed by atoms with Gasteiger partial charge in [0.15, 0.2) is 0 Å². The van der Waals surface area contributed by atoms with E-state index >= 15 is 0 Å². The first-order valence-corrected chi connectivity index (χ1v) is 8.77. The van der Waals surface area contributed by atoms with E-state index < -0.39 is 0 Å². The maximum Gasteiger partial charge on any atom is 0.255 e. The van der Waals surface area contributed by atoms with Crippen LogP contribution in [0.3, 0.4) is 0 Å². The molecule has 1 amide bonds. The second kappa shape index (κ2) is 6.27. The molecule has 21 heavy (non-hydrogen) atoms. The van der Waals surface area contributed by atoms with Crippen molar-refractivity contribution in [2.45, 2.75) is 37.6 Å². The molecular formula is C16H20BrClN2O. The van der Waals surface area contributed by atoms with E-state index in [1.165, 1.54) is 19.3 Å². The van der Waals surface area contributed by atoms with Crippen molar-refractivity contribution >= 4 is 33.4 Å². The number of carbonyl (C=O) groups excluding carboxylic acids is 1. The second-order valence-corrected chi connectivity index (χ2v) is 7.33. The Balaban J connectivity index is 1.90. The second-order valence-electron chi connectivity index (χ2n) is 6.04. The molecule has 0 unspecified atom stereocenters. The average Bonchev–Trinajstić information content (AvgIpc) is 2.48. The number of carbonyl (C=O) groups is 1. The minimum absolute atomic E-state index is 0.00661. The largest absolute Gasteiger partial charge is 0.330 e. The number of amides is 1. The Bertz CT molecular complexity index is 535. The molecule has 2 aliphatic rings. The van der Waals surface area contributed by atoms with Gasteiger partial charge in [-0.2, -0.15) is 0 Å². The summed E-state index contributed by atoms with van der Waals surface area (Å²) in [5.74, 6) is 0.127. The monoisotopic (exact) mass is 370 g/mol. The Kier molecular flexibility index (Phi) is 4.57. The van der Waals surface area contributed by atoms with Crippen LogP contribution in [-0.4, -0.2) is 36.0 Å². The van der Waals surface area contributed by atoms with Crippen molar-refractivity contribution in [2.75, 3.05) is 19.6 Å². The highest BCUT2D eigenvalue weighted by atomic mass is 79.9. The van der Waals surface area contributed by atoms with E-state index in [9.17, 15) is 4.79 Å². The fourth-order valence-corrected chi connectivity index (χ4v) is 4.48. The normalized spacial score (nSPS) is 21.5. The van der Waals surface area contributed by atoms with E-state index in [2.05, 4.69) is 26.1 Å². The maximum absolute atomic E-state index is 13.0. The summed E-state index contributed by atoms with van der Waals surface area (Å²) in [6.45, 7) is 2.58. The molecule has 1 saturated carbocycles. The van der Waals surface area contributed by atoms with E-state index in [4.69, 9.17) is 11.6 Å². The Labute approximate surface area is 139 Å². The zero-order valence-electron chi connectivity index (χ0n) is 12.0. The molecule has 0 aromatic heterocycles. The Hall–Kier alpha value is -0.580. The number of hydrogen-bond acceptors (Lipinski definition) is 2. The van der Waals surface area contributed by atoms with Gasteiger partial charge in [-0.3, -0.25) is 4.79 Å². The number of benzene rings is 1. The van der Waals surface area contributed by atoms with Gasteiger partial charge in [0.05, 0.1) is 11.1 Å². The molecule has 5 heteroatoms. The molecule has 2 fully saturated rings. The van der Waals surface area contributed by atoms with Crippen LogP contribution in [0.1, 0.15) is 42.5 Å². The van der Waals surface area contributed by atoms with E-state index in [1.807, 2.05) is 6.07 Å². The van der Waals surface area contributed by atoms with Crippen molar-refractivity contribution < 1.29 is 4.79 Å². The minimum Gasteiger partial charge on any atom is -0.330 e. The standard InChI is InChI=1S/C16H20BrClN2O/c17-14-10-12(18)4-5-13(14)15(21)20-9-8-19-11-16(20)6-2-1-3-7-16/h4-5,10,19H,1-3,6-9,11H2. The number of rotatable bonds is 1. The highest BCUT2D eigenvalue weighted by molar-refractivity contribution is 9.10. The first-order chi connectivity index (χ1) is 10.1. The fraction of sp³-hybridized carbons (Fsp3) is 0.562. The first kappa shape index (κ1) is 15.3. The average molecular weight is 372 g/mol. The van der Waals surface area contributed by atoms with Crippen molar-refractivity contribution in [1.29, 1.82) is 0 Å². The van der Waals surface area contributed by atoms with E-state index in [0.717, 1.165) is 36.9 Å². The van der Waals surface area contributed by atoms with Crippen LogP contribution >= 0.6 is 27.5 Å². The SMILES string of the molecule is O=C(c1ccc(Cl)cc1Br)N1CCNCC12CCCCC2. The number of piperazine rings is 1. The Morgan fingerprint density at radius 2 is 2.05 bits per heavy atom. The molecule has 1 aromatic carbocycles. The number of hydrogen-bond donors (Lipinski definition) is 1. The summed E-state index contributed by atoms with van der Waals surface area (Å²) in [4.78, 5) is 15.1. The van der Waals surface area contributed by atoms with Gasteiger partial charge in [0.1, 0.15) is 0 Å². The summed E-state index contributed by atoms with van der Waals surface area (Å²) in [6, 6.07) is 5.41. The van der Waals surface area contributed by atoms with Gasteiger partial charge in [0.2, 0.25) is 0 Å². The van der Waals surface area contributed by atoms with Gasteiger partial charge in [0.25, 0.3) is 5.91 Å². The lowest BCUT2D eigenvalue weighted by atomic mass is 9.78. The lowest BCUT2D eigenvalue weighted by Crippen LogP contribution is -2.63. The summed E-state index contributed by atoms with van der Waals surface area (Å²) < 4.78 is 0.782. The van der Waals surface area contributed by atoms with Gasteiger partial charge in [-0.05, 0) is 47.0 Å². The molecule has 1 saturated heterocycles. The molecule has 0 radical (unpaired) electrons. The summed E-state index contributed by atoms with van der Waals surface area (Å²) >= 11 is 9.46. The molecule has 1 spiro atoms. The lowest BCUT2D eigenvalue weighted by Gasteiger charge is -2.50. The molecule has 1 heterocycles. The van der Waals surface area contributed by atoms with Gasteiger partial charge >= 0.3 is 0 Å². The molecule has 1 aromatic rings. The van der Waals surface area contributed by atoms with Crippen LogP contribution in [0.4, 0.5) is 0 Å². The van der Waals surface area contributed by atoms with Gasteiger partial charge in [0, 0.05) is 29.1 Å². The van der Waals surface area contributed by atoms with E-state index in [1.54, 1.807) is 12.1 Å². The third kappa shape index (κ3) is 2.99. The summed E-state index contributed by atoms with van der Waals surface area (Å²) in [5.41, 5.74) is 0.721. The summed E-state index contributed by atoms with van der Waals surface area (Å²) in [7, 11) is 0. The van der Waals surface area contributed by atoms with Gasteiger partial charge in [-0.25, -0.2) is 0 Å². The van der Waals surface area contributed by atoms with Crippen LogP contribution < -0.4 is 5.32 Å². The van der Waals surface area contributed by atoms with E-state index in [-0.39, 0.29) is 11.4 Å². The summed E-state index contributed by atoms with van der Waals surface area (Å²) in [5, 5.41) is 4.12. The van der Waals surface area contributed by atoms with Crippen molar-refractivity contribution in [1.82, 2.24) is 10.2 Å². The highest BCUT2D eigenvalue weighted by Gasteiger charge is 2.42. The van der Waals surface area contributed by atoms with Crippen LogP contribution in [0.2, 0.25) is 5.02 Å². The Morgan fingerprint density at radius 1 is 1.29 bits per heavy atom. The fourth-order valence-electron chi connectivity index (χ4n) is 3.63. The van der Waals surface area contributed by atoms with Crippen molar-refractivity contribution in [3.63, 3.8) is 0 Å².